The molecule has 7 heterocycles. The normalized spacial score (nSPS) is 23.1. The van der Waals surface area contributed by atoms with E-state index >= 15 is 0 Å². The van der Waals surface area contributed by atoms with Crippen LogP contribution in [0.4, 0.5) is 13.2 Å². The molecule has 514 valence electrons. The third-order valence-corrected chi connectivity index (χ3v) is 12.1. The summed E-state index contributed by atoms with van der Waals surface area (Å²) in [5.74, 6) is -1.42. The number of ether oxygens (including phenoxy) is 18. The van der Waals surface area contributed by atoms with Crippen LogP contribution in [-0.2, 0) is 99.6 Å². The quantitative estimate of drug-likeness (QED) is 0.0310. The lowest BCUT2D eigenvalue weighted by atomic mass is 9.84. The molecule has 0 amide bonds. The molecule has 8 fully saturated rings. The molecule has 0 aromatic rings. The Labute approximate surface area is 520 Å². The molecule has 7 unspecified atom stereocenters. The fourth-order valence-electron chi connectivity index (χ4n) is 5.97. The van der Waals surface area contributed by atoms with Crippen LogP contribution in [0, 0.1) is 16.7 Å². The molecule has 7 atom stereocenters. The zero-order valence-corrected chi connectivity index (χ0v) is 56.6. The highest BCUT2D eigenvalue weighted by molar-refractivity contribution is 5.89. The third-order valence-electron chi connectivity index (χ3n) is 12.1. The molecule has 1 saturated carbocycles. The first-order valence-corrected chi connectivity index (χ1v) is 28.3. The molecule has 0 radical (unpaired) electrons. The van der Waals surface area contributed by atoms with Gasteiger partial charge in [0.1, 0.15) is 17.3 Å². The lowest BCUT2D eigenvalue weighted by Crippen LogP contribution is -2.45. The van der Waals surface area contributed by atoms with Crippen molar-refractivity contribution in [3.8, 4) is 0 Å². The molecule has 0 aromatic carbocycles. The highest BCUT2D eigenvalue weighted by atomic mass is 19.4. The zero-order chi connectivity index (χ0) is 68.1. The van der Waals surface area contributed by atoms with Gasteiger partial charge in [-0.05, 0) is 80.1 Å². The van der Waals surface area contributed by atoms with Crippen molar-refractivity contribution in [2.24, 2.45) is 16.7 Å². The number of halogens is 3. The molecule has 0 spiro atoms. The van der Waals surface area contributed by atoms with Crippen LogP contribution in [0.3, 0.4) is 0 Å². The van der Waals surface area contributed by atoms with E-state index in [2.05, 4.69) is 103 Å². The average molecular weight is 1270 g/mol. The predicted octanol–water partition coefficient (Wildman–Crippen LogP) is 10.1. The van der Waals surface area contributed by atoms with Gasteiger partial charge in [-0.3, -0.25) is 0 Å². The summed E-state index contributed by atoms with van der Waals surface area (Å²) < 4.78 is 120. The Morgan fingerprint density at radius 1 is 0.667 bits per heavy atom. The van der Waals surface area contributed by atoms with E-state index in [0.29, 0.717) is 53.5 Å². The van der Waals surface area contributed by atoms with Gasteiger partial charge < -0.3 is 85.3 Å². The highest BCUT2D eigenvalue weighted by Crippen LogP contribution is 2.39. The molecule has 8 rings (SSSR count). The Hall–Kier alpha value is -4.28. The van der Waals surface area contributed by atoms with Gasteiger partial charge in [0.25, 0.3) is 0 Å². The van der Waals surface area contributed by atoms with Gasteiger partial charge in [0.05, 0.1) is 157 Å². The molecule has 21 nitrogen and oxygen atoms in total. The van der Waals surface area contributed by atoms with Crippen molar-refractivity contribution >= 4 is 17.9 Å². The number of epoxide rings is 5. The van der Waals surface area contributed by atoms with Crippen molar-refractivity contribution < 1.29 is 113 Å². The van der Waals surface area contributed by atoms with E-state index in [1.807, 2.05) is 19.9 Å². The lowest BCUT2D eigenvalue weighted by molar-refractivity contribution is -0.148. The number of hydrogen-bond acceptors (Lipinski definition) is 21. The number of alkyl halides is 3. The van der Waals surface area contributed by atoms with Crippen molar-refractivity contribution in [1.29, 1.82) is 0 Å². The largest absolute Gasteiger partial charge is 0.505 e. The standard InChI is InChI=1S/C8H14O2.C7H14O2.C6H12O2.C5H5F3O2.C5H10O2.C5H8O2.C5H10O.C4H8O2.C4H6O2.2C4H8O.2C3H6O/c1-9-5-6-2-3-7-8(4-6)10-7;1-3-7(4-8-2)5-9-6-7;1-6(3-7-2)4-8-5-6;1-3(4(9)10-2)5(6,7)8;1-5(3-6-2)4-7-5;1-4(2)5(6)7-3;1-4-5(2,3)6-4;1-5-2-4-3-6-4;1-3-4(5)6-2;2*1-3-4-5-2;1-3-2-4-3;1-3-4-2/h6-8H,2-5H2,1H3;3-6H2,1-2H3;3-5H2,1-2H3;1H2,2H3;3-4H2,1-2H3;1H2,2-3H3;4H,1-3H3;4H,2-3H2,1H3;3H,1H2,2H3;3-4H,1-2H3;3H,1,4H2,2H3;3H,2H2,1H3;3H,1H2,2H3/b;;;;;;;;;4-3+;;;. The molecule has 24 heteroatoms. The molecule has 8 aliphatic rings. The Balaban J connectivity index is -0.000000282. The molecular weight excluding hydrogens is 1150 g/mol. The van der Waals surface area contributed by atoms with Gasteiger partial charge in [-0.2, -0.15) is 13.2 Å². The van der Waals surface area contributed by atoms with Crippen LogP contribution in [0.5, 0.6) is 0 Å². The summed E-state index contributed by atoms with van der Waals surface area (Å²) in [4.78, 5) is 30.1. The van der Waals surface area contributed by atoms with Crippen LogP contribution in [-0.4, -0.2) is 230 Å². The van der Waals surface area contributed by atoms with E-state index in [1.165, 1.54) is 46.2 Å². The van der Waals surface area contributed by atoms with Gasteiger partial charge in [-0.1, -0.05) is 52.3 Å². The zero-order valence-electron chi connectivity index (χ0n) is 56.6. The number of carbonyl (C=O) groups is 3. The van der Waals surface area contributed by atoms with E-state index in [9.17, 15) is 27.6 Å². The number of carbonyl (C=O) groups excluding carboxylic acids is 3. The number of rotatable bonds is 18. The van der Waals surface area contributed by atoms with Crippen molar-refractivity contribution in [2.45, 2.75) is 136 Å². The van der Waals surface area contributed by atoms with Crippen molar-refractivity contribution in [3.63, 3.8) is 0 Å². The molecule has 87 heavy (non-hydrogen) atoms. The Bertz CT molecular complexity index is 1790. The van der Waals surface area contributed by atoms with Gasteiger partial charge in [0, 0.05) is 71.7 Å². The van der Waals surface area contributed by atoms with Gasteiger partial charge in [0.15, 0.2) is 0 Å². The van der Waals surface area contributed by atoms with E-state index in [-0.39, 0.29) is 17.2 Å². The van der Waals surface area contributed by atoms with Crippen LogP contribution in [0.2, 0.25) is 0 Å². The molecule has 0 bridgehead atoms. The number of fused-ring (bicyclic) bond motifs is 1. The second-order valence-electron chi connectivity index (χ2n) is 21.3. The lowest BCUT2D eigenvalue weighted by Gasteiger charge is -2.39. The fraction of sp³-hybridized carbons (Fsp3) is 0.762. The number of hydrogen-bond donors (Lipinski definition) is 0. The highest BCUT2D eigenvalue weighted by Gasteiger charge is 2.44. The number of methoxy groups -OCH3 is 11. The molecule has 0 aromatic heterocycles. The second kappa shape index (κ2) is 54.6. The predicted molar refractivity (Wildman–Crippen MR) is 329 cm³/mol. The van der Waals surface area contributed by atoms with Gasteiger partial charge >= 0.3 is 24.1 Å². The topological polar surface area (TPSA) is 234 Å². The van der Waals surface area contributed by atoms with Crippen molar-refractivity contribution in [2.75, 3.05) is 164 Å². The van der Waals surface area contributed by atoms with Crippen LogP contribution in [0.15, 0.2) is 74.8 Å². The third kappa shape index (κ3) is 57.9. The first-order chi connectivity index (χ1) is 40.8. The summed E-state index contributed by atoms with van der Waals surface area (Å²) in [6.45, 7) is 44.9. The van der Waals surface area contributed by atoms with E-state index in [0.717, 1.165) is 98.4 Å². The van der Waals surface area contributed by atoms with Gasteiger partial charge in [-0.15, -0.1) is 6.58 Å². The maximum atomic E-state index is 11.5. The maximum Gasteiger partial charge on any atom is 0.422 e. The minimum absolute atomic E-state index is 0.0781. The Morgan fingerprint density at radius 3 is 1.29 bits per heavy atom. The van der Waals surface area contributed by atoms with Crippen LogP contribution in [0.1, 0.15) is 88.0 Å². The Morgan fingerprint density at radius 2 is 1.15 bits per heavy atom. The number of allylic oxidation sites excluding steroid dienone is 1. The van der Waals surface area contributed by atoms with Crippen molar-refractivity contribution in [1.82, 2.24) is 0 Å². The molecule has 7 aliphatic heterocycles. The molecule has 0 N–H and O–H groups in total. The monoisotopic (exact) mass is 1260 g/mol. The van der Waals surface area contributed by atoms with Crippen LogP contribution < -0.4 is 0 Å². The first kappa shape index (κ1) is 91.5. The van der Waals surface area contributed by atoms with E-state index < -0.39 is 23.7 Å². The SMILES string of the molecule is C/C=C/OC.C=C(C(=O)OC)C(F)(F)F.C=C(C)C(=O)OC.C=CC(=O)OC.C=CCOC.C=COC.CC1CO1.CC1OC1(C)C.CCC1(COC)COC1.COCC1(C)CO1.COCC1(C)COC1.COCC1CCC2OC2C1.COCC1CO1. The first-order valence-electron chi connectivity index (χ1n) is 28.3. The molecule has 1 aliphatic carbocycles. The van der Waals surface area contributed by atoms with Crippen molar-refractivity contribution in [3.05, 3.63) is 74.8 Å². The molecular formula is C63H115F3O21. The van der Waals surface area contributed by atoms with Crippen LogP contribution >= 0.6 is 0 Å². The minimum Gasteiger partial charge on any atom is -0.505 e. The average Bonchev–Trinajstić information content (AvgIpc) is 3.08. The maximum absolute atomic E-state index is 11.5. The van der Waals surface area contributed by atoms with E-state index in [4.69, 9.17) is 56.8 Å². The Kier molecular flexibility index (Phi) is 57.4. The summed E-state index contributed by atoms with van der Waals surface area (Å²) in [5.41, 5.74) is -0.0735. The summed E-state index contributed by atoms with van der Waals surface area (Å²) in [6, 6.07) is 0. The molecule has 7 saturated heterocycles. The van der Waals surface area contributed by atoms with Gasteiger partial charge in [-0.25, -0.2) is 14.4 Å². The summed E-state index contributed by atoms with van der Waals surface area (Å²) in [5, 5.41) is 0. The summed E-state index contributed by atoms with van der Waals surface area (Å²) >= 11 is 0. The van der Waals surface area contributed by atoms with E-state index in [1.54, 1.807) is 76.1 Å². The fourth-order valence-corrected chi connectivity index (χ4v) is 5.97. The summed E-state index contributed by atoms with van der Waals surface area (Å²) in [7, 11) is 16.9. The second-order valence-corrected chi connectivity index (χ2v) is 21.3. The van der Waals surface area contributed by atoms with Crippen LogP contribution in [0.25, 0.3) is 0 Å². The van der Waals surface area contributed by atoms with Gasteiger partial charge in [0.2, 0.25) is 0 Å². The summed E-state index contributed by atoms with van der Waals surface area (Å²) in [6.07, 6.45) is 10.7. The minimum atomic E-state index is -4.69. The smallest absolute Gasteiger partial charge is 0.422 e. The number of esters is 3.